The minimum atomic E-state index is 0.0984. The van der Waals surface area contributed by atoms with Gasteiger partial charge in [0.1, 0.15) is 5.82 Å². The van der Waals surface area contributed by atoms with Crippen molar-refractivity contribution in [3.8, 4) is 0 Å². The molecule has 1 aromatic heterocycles. The first kappa shape index (κ1) is 15.4. The van der Waals surface area contributed by atoms with Crippen molar-refractivity contribution in [1.82, 2.24) is 4.98 Å². The molecule has 0 bridgehead atoms. The molecule has 0 aliphatic rings. The predicted molar refractivity (Wildman–Crippen MR) is 82.0 cm³/mol. The smallest absolute Gasteiger partial charge is 0.142 e. The molecule has 102 valence electrons. The summed E-state index contributed by atoms with van der Waals surface area (Å²) < 4.78 is 1.06. The van der Waals surface area contributed by atoms with Gasteiger partial charge in [-0.05, 0) is 52.9 Å². The summed E-state index contributed by atoms with van der Waals surface area (Å²) in [5, 5.41) is 0. The highest BCUT2D eigenvalue weighted by molar-refractivity contribution is 9.10. The van der Waals surface area contributed by atoms with E-state index < -0.39 is 0 Å². The lowest BCUT2D eigenvalue weighted by Crippen LogP contribution is -2.39. The van der Waals surface area contributed by atoms with Gasteiger partial charge in [0.05, 0.1) is 4.47 Å². The van der Waals surface area contributed by atoms with Crippen molar-refractivity contribution in [3.05, 3.63) is 22.3 Å². The Bertz CT molecular complexity index is 391. The summed E-state index contributed by atoms with van der Waals surface area (Å²) in [7, 11) is 0. The van der Waals surface area contributed by atoms with Gasteiger partial charge >= 0.3 is 0 Å². The second kappa shape index (κ2) is 6.53. The highest BCUT2D eigenvalue weighted by Crippen LogP contribution is 2.27. The summed E-state index contributed by atoms with van der Waals surface area (Å²) >= 11 is 3.61. The molecule has 1 heterocycles. The third-order valence-corrected chi connectivity index (χ3v) is 3.51. The summed E-state index contributed by atoms with van der Waals surface area (Å²) in [6.07, 6.45) is 3.01. The summed E-state index contributed by atoms with van der Waals surface area (Å²) in [6.45, 7) is 11.2. The van der Waals surface area contributed by atoms with Crippen LogP contribution in [0.2, 0.25) is 0 Å². The van der Waals surface area contributed by atoms with Gasteiger partial charge in [-0.3, -0.25) is 0 Å². The molecule has 0 aliphatic carbocycles. The van der Waals surface area contributed by atoms with Gasteiger partial charge in [-0.2, -0.15) is 0 Å². The molecule has 2 N–H and O–H groups in total. The molecular weight excluding hydrogens is 290 g/mol. The molecule has 0 unspecified atom stereocenters. The van der Waals surface area contributed by atoms with Crippen molar-refractivity contribution in [1.29, 1.82) is 0 Å². The molecule has 18 heavy (non-hydrogen) atoms. The van der Waals surface area contributed by atoms with Crippen LogP contribution < -0.4 is 10.6 Å². The Hall–Kier alpha value is -0.610. The number of halogens is 1. The lowest BCUT2D eigenvalue weighted by atomic mass is 9.93. The van der Waals surface area contributed by atoms with E-state index in [1.54, 1.807) is 0 Å². The van der Waals surface area contributed by atoms with Gasteiger partial charge in [-0.1, -0.05) is 20.8 Å². The van der Waals surface area contributed by atoms with E-state index in [1.165, 1.54) is 5.56 Å². The lowest BCUT2D eigenvalue weighted by Gasteiger charge is -2.33. The topological polar surface area (TPSA) is 42.1 Å². The quantitative estimate of drug-likeness (QED) is 0.875. The van der Waals surface area contributed by atoms with Crippen LogP contribution in [0.15, 0.2) is 16.7 Å². The summed E-state index contributed by atoms with van der Waals surface area (Å²) in [5.41, 5.74) is 7.10. The third-order valence-electron chi connectivity index (χ3n) is 2.92. The first-order chi connectivity index (χ1) is 8.39. The van der Waals surface area contributed by atoms with E-state index in [0.717, 1.165) is 29.8 Å². The minimum Gasteiger partial charge on any atom is -0.355 e. The summed E-state index contributed by atoms with van der Waals surface area (Å²) in [6, 6.07) is 2.11. The molecule has 0 aromatic carbocycles. The molecule has 1 aromatic rings. The fourth-order valence-electron chi connectivity index (χ4n) is 1.87. The van der Waals surface area contributed by atoms with E-state index in [-0.39, 0.29) is 5.41 Å². The van der Waals surface area contributed by atoms with Crippen LogP contribution in [0.4, 0.5) is 5.82 Å². The van der Waals surface area contributed by atoms with E-state index >= 15 is 0 Å². The number of hydrogen-bond acceptors (Lipinski definition) is 3. The van der Waals surface area contributed by atoms with Crippen molar-refractivity contribution < 1.29 is 0 Å². The van der Waals surface area contributed by atoms with Gasteiger partial charge < -0.3 is 10.6 Å². The Balaban J connectivity index is 2.97. The van der Waals surface area contributed by atoms with E-state index in [4.69, 9.17) is 5.73 Å². The number of pyridine rings is 1. The number of hydrogen-bond donors (Lipinski definition) is 1. The Labute approximate surface area is 119 Å². The molecule has 0 saturated heterocycles. The van der Waals surface area contributed by atoms with Crippen LogP contribution in [0.5, 0.6) is 0 Å². The summed E-state index contributed by atoms with van der Waals surface area (Å²) in [5.74, 6) is 1.02. The standard InChI is InChI=1S/C14H24BrN3/c1-5-6-18(10-14(3,4)9-16)13-12(15)7-11(2)8-17-13/h7-8H,5-6,9-10,16H2,1-4H3. The number of aryl methyl sites for hydroxylation is 1. The maximum Gasteiger partial charge on any atom is 0.142 e. The van der Waals surface area contributed by atoms with E-state index in [2.05, 4.69) is 59.6 Å². The number of anilines is 1. The number of nitrogens with two attached hydrogens (primary N) is 1. The van der Waals surface area contributed by atoms with Crippen molar-refractivity contribution in [2.45, 2.75) is 34.1 Å². The lowest BCUT2D eigenvalue weighted by molar-refractivity contribution is 0.376. The van der Waals surface area contributed by atoms with Crippen LogP contribution in [0.3, 0.4) is 0 Å². The second-order valence-corrected chi connectivity index (χ2v) is 6.46. The molecule has 0 amide bonds. The Morgan fingerprint density at radius 1 is 1.44 bits per heavy atom. The molecule has 0 aliphatic heterocycles. The highest BCUT2D eigenvalue weighted by atomic mass is 79.9. The predicted octanol–water partition coefficient (Wildman–Crippen LogP) is 3.35. The first-order valence-electron chi connectivity index (χ1n) is 6.47. The van der Waals surface area contributed by atoms with Crippen molar-refractivity contribution >= 4 is 21.7 Å². The molecule has 3 nitrogen and oxygen atoms in total. The summed E-state index contributed by atoms with van der Waals surface area (Å²) in [4.78, 5) is 6.87. The van der Waals surface area contributed by atoms with Crippen LogP contribution in [0.1, 0.15) is 32.8 Å². The Morgan fingerprint density at radius 2 is 2.11 bits per heavy atom. The van der Waals surface area contributed by atoms with Crippen molar-refractivity contribution in [3.63, 3.8) is 0 Å². The number of aromatic nitrogens is 1. The number of nitrogens with zero attached hydrogens (tertiary/aromatic N) is 2. The van der Waals surface area contributed by atoms with E-state index in [0.29, 0.717) is 6.54 Å². The first-order valence-corrected chi connectivity index (χ1v) is 7.26. The minimum absolute atomic E-state index is 0.0984. The molecule has 0 atom stereocenters. The molecule has 4 heteroatoms. The molecule has 0 fully saturated rings. The fraction of sp³-hybridized carbons (Fsp3) is 0.643. The van der Waals surface area contributed by atoms with Gasteiger partial charge in [-0.25, -0.2) is 4.98 Å². The van der Waals surface area contributed by atoms with Crippen LogP contribution in [-0.2, 0) is 0 Å². The largest absolute Gasteiger partial charge is 0.355 e. The number of rotatable bonds is 6. The normalized spacial score (nSPS) is 11.7. The zero-order valence-electron chi connectivity index (χ0n) is 11.8. The van der Waals surface area contributed by atoms with Crippen molar-refractivity contribution in [2.24, 2.45) is 11.1 Å². The van der Waals surface area contributed by atoms with E-state index in [1.807, 2.05) is 6.20 Å². The van der Waals surface area contributed by atoms with Gasteiger partial charge in [-0.15, -0.1) is 0 Å². The Morgan fingerprint density at radius 3 is 2.61 bits per heavy atom. The van der Waals surface area contributed by atoms with Gasteiger partial charge in [0.2, 0.25) is 0 Å². The monoisotopic (exact) mass is 313 g/mol. The maximum atomic E-state index is 5.83. The maximum absolute atomic E-state index is 5.83. The Kier molecular flexibility index (Phi) is 5.60. The highest BCUT2D eigenvalue weighted by Gasteiger charge is 2.22. The third kappa shape index (κ3) is 4.25. The van der Waals surface area contributed by atoms with Crippen molar-refractivity contribution in [2.75, 3.05) is 24.5 Å². The van der Waals surface area contributed by atoms with Crippen LogP contribution in [0, 0.1) is 12.3 Å². The van der Waals surface area contributed by atoms with Gasteiger partial charge in [0.25, 0.3) is 0 Å². The SMILES string of the molecule is CCCN(CC(C)(C)CN)c1ncc(C)cc1Br. The fourth-order valence-corrected chi connectivity index (χ4v) is 2.58. The molecule has 0 saturated carbocycles. The zero-order valence-corrected chi connectivity index (χ0v) is 13.4. The van der Waals surface area contributed by atoms with Gasteiger partial charge in [0, 0.05) is 19.3 Å². The van der Waals surface area contributed by atoms with Crippen LogP contribution >= 0.6 is 15.9 Å². The second-order valence-electron chi connectivity index (χ2n) is 5.61. The molecule has 0 spiro atoms. The molecule has 0 radical (unpaired) electrons. The average molecular weight is 314 g/mol. The zero-order chi connectivity index (χ0) is 13.8. The molecule has 1 rings (SSSR count). The van der Waals surface area contributed by atoms with Crippen LogP contribution in [-0.4, -0.2) is 24.6 Å². The van der Waals surface area contributed by atoms with Gasteiger partial charge in [0.15, 0.2) is 0 Å². The average Bonchev–Trinajstić information content (AvgIpc) is 2.28. The van der Waals surface area contributed by atoms with E-state index in [9.17, 15) is 0 Å². The molecular formula is C14H24BrN3. The van der Waals surface area contributed by atoms with Crippen LogP contribution in [0.25, 0.3) is 0 Å².